The van der Waals surface area contributed by atoms with Gasteiger partial charge in [0.2, 0.25) is 0 Å². The summed E-state index contributed by atoms with van der Waals surface area (Å²) >= 11 is 0. The highest BCUT2D eigenvalue weighted by molar-refractivity contribution is 5.94. The molecule has 1 aromatic carbocycles. The normalized spacial score (nSPS) is 22.2. The number of nitrogens with one attached hydrogen (secondary N) is 2. The predicted molar refractivity (Wildman–Crippen MR) is 127 cm³/mol. The van der Waals surface area contributed by atoms with Gasteiger partial charge in [-0.2, -0.15) is 0 Å². The third-order valence-electron chi connectivity index (χ3n) is 7.11. The predicted octanol–water partition coefficient (Wildman–Crippen LogP) is 5.27. The summed E-state index contributed by atoms with van der Waals surface area (Å²) in [5, 5.41) is 5.25. The van der Waals surface area contributed by atoms with Crippen molar-refractivity contribution in [1.82, 2.24) is 15.7 Å². The molecule has 5 rings (SSSR count). The Hall–Kier alpha value is -3.41. The van der Waals surface area contributed by atoms with Crippen LogP contribution in [0.5, 0.6) is 0 Å². The molecule has 1 unspecified atom stereocenters. The number of rotatable bonds is 6. The molecule has 1 aromatic heterocycles. The van der Waals surface area contributed by atoms with Gasteiger partial charge in [-0.25, -0.2) is 4.39 Å². The molecule has 3 atom stereocenters. The Morgan fingerprint density at radius 3 is 2.85 bits per heavy atom. The maximum absolute atomic E-state index is 13.4. The minimum Gasteiger partial charge on any atom is -0.349 e. The van der Waals surface area contributed by atoms with Crippen molar-refractivity contribution in [3.8, 4) is 0 Å². The van der Waals surface area contributed by atoms with Gasteiger partial charge in [-0.3, -0.25) is 14.8 Å². The van der Waals surface area contributed by atoms with Crippen LogP contribution in [0.1, 0.15) is 49.9 Å². The smallest absolute Gasteiger partial charge is 0.253 e. The molecule has 1 amide bonds. The number of hydrogen-bond donors (Lipinski definition) is 2. The molecule has 170 valence electrons. The summed E-state index contributed by atoms with van der Waals surface area (Å²) in [6.07, 6.45) is 11.6. The number of allylic oxidation sites excluding steroid dienone is 4. The van der Waals surface area contributed by atoms with E-state index in [0.717, 1.165) is 37.1 Å². The van der Waals surface area contributed by atoms with Crippen molar-refractivity contribution < 1.29 is 9.18 Å². The molecule has 2 N–H and O–H groups in total. The molecule has 0 fully saturated rings. The van der Waals surface area contributed by atoms with Crippen LogP contribution in [0.2, 0.25) is 0 Å². The van der Waals surface area contributed by atoms with Crippen LogP contribution in [0.15, 0.2) is 83.5 Å². The Morgan fingerprint density at radius 1 is 1.30 bits per heavy atom. The fourth-order valence-corrected chi connectivity index (χ4v) is 5.40. The zero-order valence-corrected chi connectivity index (χ0v) is 19.0. The summed E-state index contributed by atoms with van der Waals surface area (Å²) in [5.74, 6) is 0.463. The quantitative estimate of drug-likeness (QED) is 0.638. The second-order valence-corrected chi connectivity index (χ2v) is 9.06. The molecule has 0 radical (unpaired) electrons. The second-order valence-electron chi connectivity index (χ2n) is 9.06. The molecule has 0 bridgehead atoms. The van der Waals surface area contributed by atoms with Gasteiger partial charge in [-0.15, -0.1) is 0 Å². The van der Waals surface area contributed by atoms with Crippen LogP contribution in [0, 0.1) is 17.7 Å². The number of anilines is 1. The molecule has 0 saturated heterocycles. The van der Waals surface area contributed by atoms with Crippen molar-refractivity contribution in [2.24, 2.45) is 11.8 Å². The maximum Gasteiger partial charge on any atom is 0.253 e. The number of benzene rings is 1. The highest BCUT2D eigenvalue weighted by Crippen LogP contribution is 2.49. The second kappa shape index (κ2) is 8.85. The van der Waals surface area contributed by atoms with Gasteiger partial charge in [-0.05, 0) is 79.6 Å². The van der Waals surface area contributed by atoms with Gasteiger partial charge in [0.25, 0.3) is 5.91 Å². The largest absolute Gasteiger partial charge is 0.349 e. The molecule has 33 heavy (non-hydrogen) atoms. The zero-order chi connectivity index (χ0) is 22.9. The molecule has 2 aromatic rings. The van der Waals surface area contributed by atoms with Gasteiger partial charge in [0.15, 0.2) is 0 Å². The van der Waals surface area contributed by atoms with Crippen molar-refractivity contribution in [3.63, 3.8) is 0 Å². The fraction of sp³-hybridized carbons (Fsp3) is 0.333. The lowest BCUT2D eigenvalue weighted by atomic mass is 9.78. The summed E-state index contributed by atoms with van der Waals surface area (Å²) in [4.78, 5) is 16.7. The van der Waals surface area contributed by atoms with E-state index in [0.29, 0.717) is 17.4 Å². The first-order chi connectivity index (χ1) is 16.0. The third-order valence-corrected chi connectivity index (χ3v) is 7.11. The van der Waals surface area contributed by atoms with Crippen LogP contribution in [-0.2, 0) is 0 Å². The molecule has 1 aliphatic heterocycles. The van der Waals surface area contributed by atoms with E-state index in [4.69, 9.17) is 0 Å². The van der Waals surface area contributed by atoms with E-state index in [9.17, 15) is 9.18 Å². The fourth-order valence-electron chi connectivity index (χ4n) is 5.40. The van der Waals surface area contributed by atoms with Crippen LogP contribution >= 0.6 is 0 Å². The Kier molecular flexibility index (Phi) is 5.75. The van der Waals surface area contributed by atoms with E-state index < -0.39 is 0 Å². The van der Waals surface area contributed by atoms with Crippen LogP contribution in [0.3, 0.4) is 0 Å². The highest BCUT2D eigenvalue weighted by Gasteiger charge is 2.38. The van der Waals surface area contributed by atoms with Gasteiger partial charge >= 0.3 is 0 Å². The van der Waals surface area contributed by atoms with E-state index in [1.807, 2.05) is 5.01 Å². The number of amides is 1. The standard InChI is InChI=1S/C27H29FN4O/c1-3-22(31-27(33)20-5-4-12-29-15-20)13-18-6-7-19-14-25-24(17(2)26(18)19)16-30-32(25)23-10-8-21(28)9-11-23/h4-5,8-12,14-18,22,30H,3,6-7,13H2,1-2H3,(H,31,33)/t17-,18+,22?/m0/s1. The van der Waals surface area contributed by atoms with Gasteiger partial charge in [0.1, 0.15) is 5.82 Å². The average Bonchev–Trinajstić information content (AvgIpc) is 3.44. The summed E-state index contributed by atoms with van der Waals surface area (Å²) < 4.78 is 13.4. The molecular formula is C27H29FN4O. The minimum atomic E-state index is -0.234. The zero-order valence-electron chi connectivity index (χ0n) is 19.0. The molecule has 6 heteroatoms. The summed E-state index contributed by atoms with van der Waals surface area (Å²) in [6.45, 7) is 4.40. The number of halogens is 1. The maximum atomic E-state index is 13.4. The Morgan fingerprint density at radius 2 is 2.12 bits per heavy atom. The lowest BCUT2D eigenvalue weighted by Crippen LogP contribution is -2.36. The molecule has 0 spiro atoms. The molecule has 2 heterocycles. The highest BCUT2D eigenvalue weighted by atomic mass is 19.1. The van der Waals surface area contributed by atoms with Crippen molar-refractivity contribution >= 4 is 11.6 Å². The first kappa shape index (κ1) is 21.4. The first-order valence-electron chi connectivity index (χ1n) is 11.7. The van der Waals surface area contributed by atoms with E-state index in [1.165, 1.54) is 28.9 Å². The third kappa shape index (κ3) is 4.06. The van der Waals surface area contributed by atoms with Gasteiger partial charge in [-0.1, -0.05) is 19.4 Å². The minimum absolute atomic E-state index is 0.0568. The topological polar surface area (TPSA) is 57.3 Å². The van der Waals surface area contributed by atoms with Crippen molar-refractivity contribution in [2.45, 2.75) is 45.6 Å². The number of pyridine rings is 1. The van der Waals surface area contributed by atoms with E-state index >= 15 is 0 Å². The van der Waals surface area contributed by atoms with Gasteiger partial charge in [0.05, 0.1) is 16.9 Å². The van der Waals surface area contributed by atoms with Gasteiger partial charge < -0.3 is 10.7 Å². The van der Waals surface area contributed by atoms with E-state index in [-0.39, 0.29) is 17.8 Å². The van der Waals surface area contributed by atoms with Crippen LogP contribution in [0.25, 0.3) is 0 Å². The summed E-state index contributed by atoms with van der Waals surface area (Å²) in [7, 11) is 0. The number of hydrazine groups is 1. The average molecular weight is 445 g/mol. The summed E-state index contributed by atoms with van der Waals surface area (Å²) in [6, 6.07) is 10.3. The summed E-state index contributed by atoms with van der Waals surface area (Å²) in [5.41, 5.74) is 10.2. The SMILES string of the molecule is CCC(C[C@H]1CCC2=C1[C@@H](C)C1=CNN(c3ccc(F)cc3)C1=C2)NC(=O)c1cccnc1. The van der Waals surface area contributed by atoms with Crippen LogP contribution in [0.4, 0.5) is 10.1 Å². The monoisotopic (exact) mass is 444 g/mol. The molecule has 2 aliphatic carbocycles. The van der Waals surface area contributed by atoms with Crippen molar-refractivity contribution in [2.75, 3.05) is 5.01 Å². The number of aromatic nitrogens is 1. The lowest BCUT2D eigenvalue weighted by molar-refractivity contribution is 0.0930. The Balaban J connectivity index is 1.34. The number of hydrogen-bond acceptors (Lipinski definition) is 4. The number of carbonyl (C=O) groups is 1. The molecule has 3 aliphatic rings. The van der Waals surface area contributed by atoms with Gasteiger partial charge in [0, 0.05) is 36.1 Å². The van der Waals surface area contributed by atoms with Crippen LogP contribution < -0.4 is 15.8 Å². The van der Waals surface area contributed by atoms with Crippen LogP contribution in [-0.4, -0.2) is 16.9 Å². The lowest BCUT2D eigenvalue weighted by Gasteiger charge is -2.31. The van der Waals surface area contributed by atoms with E-state index in [2.05, 4.69) is 41.9 Å². The molecule has 0 saturated carbocycles. The Labute approximate surface area is 194 Å². The Bertz CT molecular complexity index is 1140. The van der Waals surface area contributed by atoms with Crippen molar-refractivity contribution in [3.05, 3.63) is 94.9 Å². The number of fused-ring (bicyclic) bond motifs is 1. The number of carbonyl (C=O) groups excluding carboxylic acids is 1. The first-order valence-corrected chi connectivity index (χ1v) is 11.7. The number of nitrogens with zero attached hydrogens (tertiary/aromatic N) is 2. The molecule has 5 nitrogen and oxygen atoms in total. The van der Waals surface area contributed by atoms with Crippen molar-refractivity contribution in [1.29, 1.82) is 0 Å². The molecular weight excluding hydrogens is 415 g/mol. The van der Waals surface area contributed by atoms with E-state index in [1.54, 1.807) is 36.7 Å².